The minimum atomic E-state index is -0.255. The van der Waals surface area contributed by atoms with Crippen molar-refractivity contribution in [1.29, 1.82) is 0 Å². The van der Waals surface area contributed by atoms with Gasteiger partial charge in [0.1, 0.15) is 6.33 Å². The summed E-state index contributed by atoms with van der Waals surface area (Å²) < 4.78 is 1.33. The smallest absolute Gasteiger partial charge is 0.255 e. The van der Waals surface area contributed by atoms with Crippen LogP contribution in [-0.2, 0) is 7.05 Å². The fraction of sp³-hybridized carbons (Fsp3) is 0.125. The molecule has 0 unspecified atom stereocenters. The lowest BCUT2D eigenvalue weighted by molar-refractivity contribution is 0.101. The number of carbonyl (C=O) groups excluding carboxylic acids is 1. The van der Waals surface area contributed by atoms with Crippen LogP contribution >= 0.6 is 0 Å². The summed E-state index contributed by atoms with van der Waals surface area (Å²) in [6, 6.07) is 6.42. The first-order valence-corrected chi connectivity index (χ1v) is 7.16. The van der Waals surface area contributed by atoms with E-state index in [0.717, 1.165) is 0 Å². The third-order valence-electron chi connectivity index (χ3n) is 3.37. The number of aromatic nitrogens is 5. The summed E-state index contributed by atoms with van der Waals surface area (Å²) in [6.07, 6.45) is 6.04. The zero-order valence-electron chi connectivity index (χ0n) is 12.9. The maximum absolute atomic E-state index is 12.1. The molecule has 0 aliphatic heterocycles. The fourth-order valence-corrected chi connectivity index (χ4v) is 2.06. The fourth-order valence-electron chi connectivity index (χ4n) is 2.06. The van der Waals surface area contributed by atoms with Crippen LogP contribution in [0.2, 0.25) is 0 Å². The molecule has 0 radical (unpaired) electrons. The zero-order valence-corrected chi connectivity index (χ0v) is 12.9. The highest BCUT2D eigenvalue weighted by Crippen LogP contribution is 2.13. The van der Waals surface area contributed by atoms with E-state index >= 15 is 0 Å². The number of ketones is 1. The quantitative estimate of drug-likeness (QED) is 0.697. The van der Waals surface area contributed by atoms with E-state index in [2.05, 4.69) is 25.3 Å². The lowest BCUT2D eigenvalue weighted by Crippen LogP contribution is -2.24. The van der Waals surface area contributed by atoms with Crippen molar-refractivity contribution in [3.8, 4) is 11.4 Å². The van der Waals surface area contributed by atoms with Crippen molar-refractivity contribution < 1.29 is 4.79 Å². The summed E-state index contributed by atoms with van der Waals surface area (Å²) in [5, 5.41) is 2.89. The van der Waals surface area contributed by atoms with Gasteiger partial charge in [-0.05, 0) is 18.2 Å². The van der Waals surface area contributed by atoms with Gasteiger partial charge in [0.05, 0.1) is 17.9 Å². The highest BCUT2D eigenvalue weighted by molar-refractivity contribution is 5.98. The predicted molar refractivity (Wildman–Crippen MR) is 87.6 cm³/mol. The number of nitrogens with one attached hydrogen (secondary N) is 1. The van der Waals surface area contributed by atoms with Crippen LogP contribution in [0.3, 0.4) is 0 Å². The molecule has 0 saturated carbocycles. The number of Topliss-reactive ketones (excluding diaryl/α,β-unsaturated/α-hetero) is 1. The number of pyridine rings is 1. The van der Waals surface area contributed by atoms with Gasteiger partial charge in [-0.3, -0.25) is 19.1 Å². The van der Waals surface area contributed by atoms with E-state index in [0.29, 0.717) is 17.0 Å². The lowest BCUT2D eigenvalue weighted by Gasteiger charge is -2.10. The normalized spacial score (nSPS) is 10.4. The summed E-state index contributed by atoms with van der Waals surface area (Å²) in [5.41, 5.74) is 1.18. The Bertz CT molecular complexity index is 909. The van der Waals surface area contributed by atoms with Crippen molar-refractivity contribution in [2.45, 2.75) is 0 Å². The Balaban J connectivity index is 1.84. The number of hydrogen-bond donors (Lipinski definition) is 1. The molecule has 120 valence electrons. The Morgan fingerprint density at radius 2 is 2.08 bits per heavy atom. The second-order valence-electron chi connectivity index (χ2n) is 4.98. The molecule has 0 saturated heterocycles. The standard InChI is InChI=1S/C16H14N6O2/c1-22-15(24)7-13(12-4-6-18-10-20-12)21-16(22)19-9-14(23)11-3-2-5-17-8-11/h2-8,10H,9H2,1H3,(H,19,21). The molecule has 0 aliphatic rings. The zero-order chi connectivity index (χ0) is 16.9. The van der Waals surface area contributed by atoms with Crippen LogP contribution in [0.15, 0.2) is 54.0 Å². The molecule has 0 spiro atoms. The van der Waals surface area contributed by atoms with E-state index in [9.17, 15) is 9.59 Å². The van der Waals surface area contributed by atoms with Gasteiger partial charge < -0.3 is 5.32 Å². The van der Waals surface area contributed by atoms with E-state index in [1.165, 1.54) is 23.2 Å². The van der Waals surface area contributed by atoms with Gasteiger partial charge in [0, 0.05) is 37.3 Å². The third kappa shape index (κ3) is 3.32. The van der Waals surface area contributed by atoms with Gasteiger partial charge in [-0.2, -0.15) is 0 Å². The molecular weight excluding hydrogens is 308 g/mol. The minimum Gasteiger partial charge on any atom is -0.348 e. The molecule has 8 nitrogen and oxygen atoms in total. The summed E-state index contributed by atoms with van der Waals surface area (Å²) in [6.45, 7) is -0.000793. The summed E-state index contributed by atoms with van der Waals surface area (Å²) in [4.78, 5) is 40.4. The van der Waals surface area contributed by atoms with Crippen molar-refractivity contribution in [2.24, 2.45) is 7.05 Å². The molecule has 3 aromatic heterocycles. The average molecular weight is 322 g/mol. The topological polar surface area (TPSA) is 103 Å². The van der Waals surface area contributed by atoms with Crippen LogP contribution in [0, 0.1) is 0 Å². The van der Waals surface area contributed by atoms with Crippen LogP contribution in [-0.4, -0.2) is 36.8 Å². The molecule has 0 aliphatic carbocycles. The van der Waals surface area contributed by atoms with Crippen LogP contribution in [0.5, 0.6) is 0 Å². The van der Waals surface area contributed by atoms with Gasteiger partial charge in [0.15, 0.2) is 5.78 Å². The number of nitrogens with zero attached hydrogens (tertiary/aromatic N) is 5. The summed E-state index contributed by atoms with van der Waals surface area (Å²) in [5.74, 6) is 0.137. The minimum absolute atomic E-state index is 0.000793. The van der Waals surface area contributed by atoms with Gasteiger partial charge in [-0.15, -0.1) is 0 Å². The van der Waals surface area contributed by atoms with Crippen LogP contribution in [0.4, 0.5) is 5.95 Å². The van der Waals surface area contributed by atoms with Crippen LogP contribution in [0.1, 0.15) is 10.4 Å². The number of anilines is 1. The maximum atomic E-state index is 12.1. The molecule has 0 aromatic carbocycles. The monoisotopic (exact) mass is 322 g/mol. The summed E-state index contributed by atoms with van der Waals surface area (Å²) in [7, 11) is 1.58. The second-order valence-corrected chi connectivity index (χ2v) is 4.98. The predicted octanol–water partition coefficient (Wildman–Crippen LogP) is 0.927. The van der Waals surface area contributed by atoms with Crippen molar-refractivity contribution in [1.82, 2.24) is 24.5 Å². The van der Waals surface area contributed by atoms with Crippen LogP contribution < -0.4 is 10.9 Å². The Hall–Kier alpha value is -3.42. The van der Waals surface area contributed by atoms with E-state index in [-0.39, 0.29) is 23.8 Å². The van der Waals surface area contributed by atoms with Crippen molar-refractivity contribution in [3.63, 3.8) is 0 Å². The van der Waals surface area contributed by atoms with Gasteiger partial charge in [-0.1, -0.05) is 0 Å². The van der Waals surface area contributed by atoms with Gasteiger partial charge in [-0.25, -0.2) is 15.0 Å². The highest BCUT2D eigenvalue weighted by Gasteiger charge is 2.11. The molecule has 3 rings (SSSR count). The Labute approximate surface area is 137 Å². The highest BCUT2D eigenvalue weighted by atomic mass is 16.1. The molecule has 24 heavy (non-hydrogen) atoms. The number of carbonyl (C=O) groups is 1. The SMILES string of the molecule is Cn1c(NCC(=O)c2cccnc2)nc(-c2ccncn2)cc1=O. The first-order chi connectivity index (χ1) is 11.6. The molecule has 3 heterocycles. The molecule has 0 fully saturated rings. The molecule has 0 amide bonds. The van der Waals surface area contributed by atoms with Gasteiger partial charge in [0.2, 0.25) is 5.95 Å². The summed E-state index contributed by atoms with van der Waals surface area (Å²) >= 11 is 0. The molecule has 0 atom stereocenters. The first-order valence-electron chi connectivity index (χ1n) is 7.16. The van der Waals surface area contributed by atoms with Crippen molar-refractivity contribution in [2.75, 3.05) is 11.9 Å². The average Bonchev–Trinajstić information content (AvgIpc) is 2.64. The maximum Gasteiger partial charge on any atom is 0.255 e. The Morgan fingerprint density at radius 1 is 1.21 bits per heavy atom. The van der Waals surface area contributed by atoms with Crippen molar-refractivity contribution in [3.05, 3.63) is 65.1 Å². The first kappa shape index (κ1) is 15.5. The molecule has 3 aromatic rings. The Morgan fingerprint density at radius 3 is 2.79 bits per heavy atom. The van der Waals surface area contributed by atoms with E-state index in [1.54, 1.807) is 37.6 Å². The second kappa shape index (κ2) is 6.78. The lowest BCUT2D eigenvalue weighted by atomic mass is 10.2. The van der Waals surface area contributed by atoms with E-state index in [4.69, 9.17) is 0 Å². The Kier molecular flexibility index (Phi) is 4.37. The molecular formula is C16H14N6O2. The van der Waals surface area contributed by atoms with Crippen molar-refractivity contribution >= 4 is 11.7 Å². The third-order valence-corrected chi connectivity index (χ3v) is 3.37. The molecule has 0 bridgehead atoms. The molecule has 8 heteroatoms. The van der Waals surface area contributed by atoms with E-state index in [1.807, 2.05) is 0 Å². The molecule has 1 N–H and O–H groups in total. The number of hydrogen-bond acceptors (Lipinski definition) is 7. The van der Waals surface area contributed by atoms with Gasteiger partial charge >= 0.3 is 0 Å². The van der Waals surface area contributed by atoms with Crippen LogP contribution in [0.25, 0.3) is 11.4 Å². The largest absolute Gasteiger partial charge is 0.348 e. The number of rotatable bonds is 5. The van der Waals surface area contributed by atoms with Gasteiger partial charge in [0.25, 0.3) is 5.56 Å². The van der Waals surface area contributed by atoms with E-state index < -0.39 is 0 Å².